The lowest BCUT2D eigenvalue weighted by Crippen LogP contribution is -2.12. The van der Waals surface area contributed by atoms with Crippen molar-refractivity contribution >= 4 is 35.5 Å². The second kappa shape index (κ2) is 6.96. The summed E-state index contributed by atoms with van der Waals surface area (Å²) >= 11 is 4.61. The molecule has 1 aliphatic rings. The smallest absolute Gasteiger partial charge is 0.303 e. The van der Waals surface area contributed by atoms with E-state index in [9.17, 15) is 9.59 Å². The molecule has 0 unspecified atom stereocenters. The lowest BCUT2D eigenvalue weighted by Gasteiger charge is -1.85. The Morgan fingerprint density at radius 1 is 1.43 bits per heavy atom. The van der Waals surface area contributed by atoms with Gasteiger partial charge in [0.25, 0.3) is 0 Å². The number of aliphatic imine (C=N–C) groups is 1. The van der Waals surface area contributed by atoms with Gasteiger partial charge in [0.1, 0.15) is 0 Å². The summed E-state index contributed by atoms with van der Waals surface area (Å²) in [6, 6.07) is 0. The molecule has 78 valence electrons. The number of carboxylic acids is 2. The zero-order valence-electron chi connectivity index (χ0n) is 7.27. The summed E-state index contributed by atoms with van der Waals surface area (Å²) in [5.41, 5.74) is 0. The van der Waals surface area contributed by atoms with Crippen molar-refractivity contribution in [2.75, 3.05) is 6.54 Å². The minimum Gasteiger partial charge on any atom is -0.481 e. The molecule has 0 atom stereocenters. The number of nitrogens with zero attached hydrogens (tertiary/aromatic N) is 1. The summed E-state index contributed by atoms with van der Waals surface area (Å²) < 4.78 is 0. The Morgan fingerprint density at radius 3 is 2.07 bits per heavy atom. The number of rotatable bonds is 3. The number of nitrogens with one attached hydrogen (secondary N) is 1. The van der Waals surface area contributed by atoms with Crippen LogP contribution in [-0.4, -0.2) is 40.0 Å². The van der Waals surface area contributed by atoms with Gasteiger partial charge in [0, 0.05) is 6.21 Å². The first-order valence-corrected chi connectivity index (χ1v) is 4.17. The molecule has 3 N–H and O–H groups in total. The van der Waals surface area contributed by atoms with Crippen molar-refractivity contribution in [3.8, 4) is 0 Å². The van der Waals surface area contributed by atoms with Crippen molar-refractivity contribution in [1.82, 2.24) is 5.32 Å². The molecule has 1 rings (SSSR count). The molecule has 0 aromatic carbocycles. The molecular weight excluding hydrogens is 208 g/mol. The maximum absolute atomic E-state index is 9.64. The largest absolute Gasteiger partial charge is 0.481 e. The van der Waals surface area contributed by atoms with Crippen LogP contribution in [0.15, 0.2) is 4.99 Å². The van der Waals surface area contributed by atoms with E-state index in [-0.39, 0.29) is 12.8 Å². The summed E-state index contributed by atoms with van der Waals surface area (Å²) in [6.07, 6.45) is 1.16. The second-order valence-electron chi connectivity index (χ2n) is 2.29. The van der Waals surface area contributed by atoms with E-state index >= 15 is 0 Å². The molecule has 0 bridgehead atoms. The normalized spacial score (nSPS) is 12.7. The van der Waals surface area contributed by atoms with Crippen molar-refractivity contribution in [1.29, 1.82) is 0 Å². The quantitative estimate of drug-likeness (QED) is 0.571. The highest BCUT2D eigenvalue weighted by Gasteiger charge is 2.00. The highest BCUT2D eigenvalue weighted by Crippen LogP contribution is 1.86. The zero-order chi connectivity index (χ0) is 11.0. The topological polar surface area (TPSA) is 99.0 Å². The Kier molecular flexibility index (Phi) is 6.21. The summed E-state index contributed by atoms with van der Waals surface area (Å²) in [6.45, 7) is 0.804. The molecule has 6 nitrogen and oxygen atoms in total. The van der Waals surface area contributed by atoms with E-state index in [0.717, 1.165) is 6.54 Å². The molecule has 0 radical (unpaired) electrons. The van der Waals surface area contributed by atoms with E-state index in [1.54, 1.807) is 6.21 Å². The van der Waals surface area contributed by atoms with Crippen LogP contribution >= 0.6 is 12.2 Å². The standard InChI is InChI=1S/C4H6O4.C3H4N2S/c5-3(6)1-2-4(7)8;6-3-4-1-2-5-3/h1-2H2,(H,5,6)(H,7,8);1H,2H2,(H,5,6). The van der Waals surface area contributed by atoms with Crippen LogP contribution in [-0.2, 0) is 9.59 Å². The Bertz CT molecular complexity index is 250. The van der Waals surface area contributed by atoms with Gasteiger partial charge in [-0.25, -0.2) is 4.99 Å². The average Bonchev–Trinajstić information content (AvgIpc) is 2.53. The van der Waals surface area contributed by atoms with E-state index in [0.29, 0.717) is 5.11 Å². The van der Waals surface area contributed by atoms with Crippen molar-refractivity contribution < 1.29 is 19.8 Å². The molecule has 0 saturated carbocycles. The molecule has 0 aromatic heterocycles. The third-order valence-electron chi connectivity index (χ3n) is 1.11. The SMILES string of the molecule is O=C(O)CCC(=O)O.S=C1N=CCN1. The highest BCUT2D eigenvalue weighted by molar-refractivity contribution is 7.80. The average molecular weight is 218 g/mol. The fraction of sp³-hybridized carbons (Fsp3) is 0.429. The fourth-order valence-corrected chi connectivity index (χ4v) is 0.679. The number of thiocarbonyl (C=S) groups is 1. The summed E-state index contributed by atoms with van der Waals surface area (Å²) in [5.74, 6) is -2.15. The minimum absolute atomic E-state index is 0.296. The predicted octanol–water partition coefficient (Wildman–Crippen LogP) is -0.119. The van der Waals surface area contributed by atoms with Crippen LogP contribution in [0.1, 0.15) is 12.8 Å². The third-order valence-corrected chi connectivity index (χ3v) is 1.36. The lowest BCUT2D eigenvalue weighted by atomic mass is 10.3. The molecule has 0 amide bonds. The number of aliphatic carboxylic acids is 2. The van der Waals surface area contributed by atoms with E-state index in [4.69, 9.17) is 10.2 Å². The Labute approximate surface area is 85.6 Å². The molecule has 0 spiro atoms. The van der Waals surface area contributed by atoms with E-state index in [1.807, 2.05) is 0 Å². The van der Waals surface area contributed by atoms with Gasteiger partial charge >= 0.3 is 11.9 Å². The van der Waals surface area contributed by atoms with Crippen LogP contribution in [0.4, 0.5) is 0 Å². The number of hydrogen-bond donors (Lipinski definition) is 3. The highest BCUT2D eigenvalue weighted by atomic mass is 32.1. The number of carbonyl (C=O) groups is 2. The fourth-order valence-electron chi connectivity index (χ4n) is 0.521. The van der Waals surface area contributed by atoms with Crippen molar-refractivity contribution in [2.45, 2.75) is 12.8 Å². The molecule has 0 aromatic rings. The van der Waals surface area contributed by atoms with Gasteiger partial charge in [-0.3, -0.25) is 9.59 Å². The van der Waals surface area contributed by atoms with Crippen molar-refractivity contribution in [3.05, 3.63) is 0 Å². The van der Waals surface area contributed by atoms with Crippen molar-refractivity contribution in [3.63, 3.8) is 0 Å². The monoisotopic (exact) mass is 218 g/mol. The predicted molar refractivity (Wildman–Crippen MR) is 53.6 cm³/mol. The lowest BCUT2D eigenvalue weighted by molar-refractivity contribution is -0.143. The molecule has 0 aliphatic carbocycles. The summed E-state index contributed by atoms with van der Waals surface area (Å²) in [7, 11) is 0. The van der Waals surface area contributed by atoms with Crippen LogP contribution in [0.5, 0.6) is 0 Å². The maximum atomic E-state index is 9.64. The van der Waals surface area contributed by atoms with Crippen LogP contribution in [0.3, 0.4) is 0 Å². The van der Waals surface area contributed by atoms with Gasteiger partial charge < -0.3 is 15.5 Å². The zero-order valence-corrected chi connectivity index (χ0v) is 8.08. The molecule has 1 heterocycles. The first-order valence-electron chi connectivity index (χ1n) is 3.76. The number of hydrogen-bond acceptors (Lipinski definition) is 3. The first-order chi connectivity index (χ1) is 6.52. The van der Waals surface area contributed by atoms with E-state index in [2.05, 4.69) is 22.5 Å². The Hall–Kier alpha value is -1.50. The third kappa shape index (κ3) is 8.60. The van der Waals surface area contributed by atoms with Gasteiger partial charge in [0.15, 0.2) is 5.11 Å². The first kappa shape index (κ1) is 12.5. The Morgan fingerprint density at radius 2 is 1.93 bits per heavy atom. The van der Waals surface area contributed by atoms with Crippen LogP contribution in [0, 0.1) is 0 Å². The molecule has 7 heteroatoms. The van der Waals surface area contributed by atoms with Gasteiger partial charge in [-0.15, -0.1) is 0 Å². The molecule has 0 fully saturated rings. The second-order valence-corrected chi connectivity index (χ2v) is 2.67. The van der Waals surface area contributed by atoms with Crippen LogP contribution < -0.4 is 5.32 Å². The van der Waals surface area contributed by atoms with Gasteiger partial charge in [-0.1, -0.05) is 0 Å². The summed E-state index contributed by atoms with van der Waals surface area (Å²) in [5, 5.41) is 19.2. The van der Waals surface area contributed by atoms with Crippen LogP contribution in [0.25, 0.3) is 0 Å². The van der Waals surface area contributed by atoms with Gasteiger partial charge in [-0.2, -0.15) is 0 Å². The number of carboxylic acid groups (broad SMARTS) is 2. The molecular formula is C7H10N2O4S. The van der Waals surface area contributed by atoms with Crippen LogP contribution in [0.2, 0.25) is 0 Å². The van der Waals surface area contributed by atoms with Gasteiger partial charge in [-0.05, 0) is 12.2 Å². The Balaban J connectivity index is 0.000000249. The van der Waals surface area contributed by atoms with E-state index < -0.39 is 11.9 Å². The maximum Gasteiger partial charge on any atom is 0.303 e. The van der Waals surface area contributed by atoms with Gasteiger partial charge in [0.05, 0.1) is 19.4 Å². The minimum atomic E-state index is -1.08. The summed E-state index contributed by atoms with van der Waals surface area (Å²) in [4.78, 5) is 23.0. The molecule has 1 aliphatic heterocycles. The van der Waals surface area contributed by atoms with Gasteiger partial charge in [0.2, 0.25) is 0 Å². The molecule has 0 saturated heterocycles. The van der Waals surface area contributed by atoms with Crippen molar-refractivity contribution in [2.24, 2.45) is 4.99 Å². The van der Waals surface area contributed by atoms with E-state index in [1.165, 1.54) is 0 Å². The molecule has 14 heavy (non-hydrogen) atoms.